The zero-order chi connectivity index (χ0) is 29.6. The number of aryl methyl sites for hydroxylation is 1. The topological polar surface area (TPSA) is 93.2 Å². The van der Waals surface area contributed by atoms with E-state index < -0.39 is 23.4 Å². The molecule has 1 atom stereocenters. The van der Waals surface area contributed by atoms with Gasteiger partial charge in [0, 0.05) is 23.4 Å². The van der Waals surface area contributed by atoms with Crippen LogP contribution in [0.1, 0.15) is 36.0 Å². The summed E-state index contributed by atoms with van der Waals surface area (Å²) in [6.45, 7) is 2.18. The molecule has 1 unspecified atom stereocenters. The quantitative estimate of drug-likeness (QED) is 0.408. The minimum atomic E-state index is -1.84. The van der Waals surface area contributed by atoms with Crippen LogP contribution in [0.4, 0.5) is 11.4 Å². The SMILES string of the molecule is COC(=O)C1=C(C(=O)OC)C2(C(=O)N(Cc3ccccc3)c3ccccc32)N(c2ccc(C)cc2)C2=C1C(=O)CCC2. The number of methoxy groups -OCH3 is 2. The molecule has 1 aliphatic carbocycles. The van der Waals surface area contributed by atoms with Gasteiger partial charge in [-0.25, -0.2) is 9.59 Å². The summed E-state index contributed by atoms with van der Waals surface area (Å²) in [6, 6.07) is 24.4. The van der Waals surface area contributed by atoms with Gasteiger partial charge in [0.05, 0.1) is 43.2 Å². The average Bonchev–Trinajstić information content (AvgIpc) is 3.24. The van der Waals surface area contributed by atoms with E-state index in [0.717, 1.165) is 11.1 Å². The van der Waals surface area contributed by atoms with Crippen molar-refractivity contribution in [3.63, 3.8) is 0 Å². The molecular formula is C34H30N2O6. The molecule has 2 heterocycles. The van der Waals surface area contributed by atoms with Crippen molar-refractivity contribution in [3.05, 3.63) is 118 Å². The first-order chi connectivity index (χ1) is 20.3. The molecule has 0 saturated carbocycles. The largest absolute Gasteiger partial charge is 0.466 e. The molecule has 0 bridgehead atoms. The number of esters is 2. The summed E-state index contributed by atoms with van der Waals surface area (Å²) >= 11 is 0. The highest BCUT2D eigenvalue weighted by molar-refractivity contribution is 6.24. The number of carbonyl (C=O) groups is 4. The van der Waals surface area contributed by atoms with Crippen molar-refractivity contribution >= 4 is 35.0 Å². The first-order valence-corrected chi connectivity index (χ1v) is 13.8. The maximum atomic E-state index is 15.2. The second-order valence-electron chi connectivity index (χ2n) is 10.6. The number of hydrogen-bond donors (Lipinski definition) is 0. The molecular weight excluding hydrogens is 532 g/mol. The van der Waals surface area contributed by atoms with Gasteiger partial charge >= 0.3 is 11.9 Å². The fourth-order valence-electron chi connectivity index (χ4n) is 6.47. The maximum absolute atomic E-state index is 15.2. The molecule has 3 aliphatic rings. The van der Waals surface area contributed by atoms with Crippen LogP contribution in [-0.4, -0.2) is 37.8 Å². The summed E-state index contributed by atoms with van der Waals surface area (Å²) < 4.78 is 10.5. The highest BCUT2D eigenvalue weighted by Gasteiger charge is 2.64. The van der Waals surface area contributed by atoms with Gasteiger partial charge in [-0.2, -0.15) is 0 Å². The zero-order valence-electron chi connectivity index (χ0n) is 23.7. The number of benzene rings is 3. The number of nitrogens with zero attached hydrogens (tertiary/aromatic N) is 2. The van der Waals surface area contributed by atoms with Crippen molar-refractivity contribution in [2.75, 3.05) is 24.0 Å². The van der Waals surface area contributed by atoms with Crippen molar-refractivity contribution in [2.24, 2.45) is 0 Å². The number of Topliss-reactive ketones (excluding diaryl/α,β-unsaturated/α-hetero) is 1. The van der Waals surface area contributed by atoms with E-state index in [1.54, 1.807) is 21.9 Å². The Balaban J connectivity index is 1.75. The minimum absolute atomic E-state index is 0.103. The van der Waals surface area contributed by atoms with Gasteiger partial charge in [0.25, 0.3) is 5.91 Å². The molecule has 0 radical (unpaired) electrons. The van der Waals surface area contributed by atoms with Crippen molar-refractivity contribution in [2.45, 2.75) is 38.3 Å². The Morgan fingerprint density at radius 1 is 0.833 bits per heavy atom. The number of amides is 1. The normalized spacial score (nSPS) is 19.7. The van der Waals surface area contributed by atoms with E-state index in [9.17, 15) is 14.4 Å². The fraction of sp³-hybridized carbons (Fsp3) is 0.235. The van der Waals surface area contributed by atoms with Gasteiger partial charge in [0.15, 0.2) is 11.3 Å². The second kappa shape index (κ2) is 10.4. The molecule has 42 heavy (non-hydrogen) atoms. The van der Waals surface area contributed by atoms with E-state index in [2.05, 4.69) is 0 Å². The van der Waals surface area contributed by atoms with Crippen LogP contribution in [0.2, 0.25) is 0 Å². The molecule has 212 valence electrons. The van der Waals surface area contributed by atoms with E-state index in [4.69, 9.17) is 9.47 Å². The smallest absolute Gasteiger partial charge is 0.339 e. The second-order valence-corrected chi connectivity index (χ2v) is 10.6. The Hall–Kier alpha value is -4.98. The number of ether oxygens (including phenoxy) is 2. The fourth-order valence-corrected chi connectivity index (χ4v) is 6.47. The third-order valence-electron chi connectivity index (χ3n) is 8.25. The highest BCUT2D eigenvalue weighted by Crippen LogP contribution is 2.57. The summed E-state index contributed by atoms with van der Waals surface area (Å²) in [7, 11) is 2.40. The average molecular weight is 563 g/mol. The van der Waals surface area contributed by atoms with Gasteiger partial charge < -0.3 is 19.3 Å². The Kier molecular flexibility index (Phi) is 6.77. The lowest BCUT2D eigenvalue weighted by atomic mass is 9.71. The van der Waals surface area contributed by atoms with E-state index >= 15 is 4.79 Å². The van der Waals surface area contributed by atoms with Crippen LogP contribution in [0.5, 0.6) is 0 Å². The molecule has 1 spiro atoms. The predicted octanol–water partition coefficient (Wildman–Crippen LogP) is 4.91. The Morgan fingerprint density at radius 2 is 1.50 bits per heavy atom. The number of para-hydroxylation sites is 1. The van der Waals surface area contributed by atoms with Crippen LogP contribution in [-0.2, 0) is 40.7 Å². The van der Waals surface area contributed by atoms with Crippen LogP contribution in [0.15, 0.2) is 101 Å². The molecule has 0 aromatic heterocycles. The molecule has 3 aromatic carbocycles. The lowest BCUT2D eigenvalue weighted by Gasteiger charge is -2.48. The van der Waals surface area contributed by atoms with Gasteiger partial charge in [-0.15, -0.1) is 0 Å². The number of anilines is 2. The minimum Gasteiger partial charge on any atom is -0.466 e. The Bertz CT molecular complexity index is 1690. The zero-order valence-corrected chi connectivity index (χ0v) is 23.7. The first-order valence-electron chi connectivity index (χ1n) is 13.8. The van der Waals surface area contributed by atoms with Gasteiger partial charge in [0.2, 0.25) is 0 Å². The van der Waals surface area contributed by atoms with E-state index in [1.165, 1.54) is 14.2 Å². The molecule has 6 rings (SSSR count). The third kappa shape index (κ3) is 3.89. The van der Waals surface area contributed by atoms with Gasteiger partial charge in [-0.05, 0) is 43.5 Å². The highest BCUT2D eigenvalue weighted by atomic mass is 16.5. The molecule has 8 nitrogen and oxygen atoms in total. The molecule has 2 aliphatic heterocycles. The van der Waals surface area contributed by atoms with E-state index in [0.29, 0.717) is 35.5 Å². The lowest BCUT2D eigenvalue weighted by molar-refractivity contribution is -0.141. The van der Waals surface area contributed by atoms with Crippen LogP contribution < -0.4 is 9.80 Å². The Morgan fingerprint density at radius 3 is 2.19 bits per heavy atom. The maximum Gasteiger partial charge on any atom is 0.339 e. The van der Waals surface area contributed by atoms with Gasteiger partial charge in [0.1, 0.15) is 0 Å². The van der Waals surface area contributed by atoms with Crippen molar-refractivity contribution < 1.29 is 28.7 Å². The summed E-state index contributed by atoms with van der Waals surface area (Å²) in [5.41, 5.74) is 1.95. The van der Waals surface area contributed by atoms with E-state index in [1.807, 2.05) is 73.7 Å². The summed E-state index contributed by atoms with van der Waals surface area (Å²) in [4.78, 5) is 59.8. The molecule has 0 N–H and O–H groups in total. The van der Waals surface area contributed by atoms with Crippen molar-refractivity contribution in [1.29, 1.82) is 0 Å². The summed E-state index contributed by atoms with van der Waals surface area (Å²) in [5, 5.41) is 0. The Labute approximate surface area is 243 Å². The van der Waals surface area contributed by atoms with Gasteiger partial charge in [-0.1, -0.05) is 66.2 Å². The number of fused-ring (bicyclic) bond motifs is 2. The van der Waals surface area contributed by atoms with Crippen LogP contribution >= 0.6 is 0 Å². The number of carbonyl (C=O) groups excluding carboxylic acids is 4. The lowest BCUT2D eigenvalue weighted by Crippen LogP contribution is -2.59. The molecule has 3 aromatic rings. The number of allylic oxidation sites excluding steroid dienone is 1. The number of ketones is 1. The van der Waals surface area contributed by atoms with Crippen molar-refractivity contribution in [3.8, 4) is 0 Å². The number of hydrogen-bond acceptors (Lipinski definition) is 7. The van der Waals surface area contributed by atoms with Crippen molar-refractivity contribution in [1.82, 2.24) is 0 Å². The van der Waals surface area contributed by atoms with Gasteiger partial charge in [-0.3, -0.25) is 9.59 Å². The van der Waals surface area contributed by atoms with E-state index in [-0.39, 0.29) is 35.5 Å². The molecule has 1 amide bonds. The summed E-state index contributed by atoms with van der Waals surface area (Å²) in [5.74, 6) is -2.47. The van der Waals surface area contributed by atoms with Crippen LogP contribution in [0, 0.1) is 6.92 Å². The monoisotopic (exact) mass is 562 g/mol. The molecule has 0 fully saturated rings. The predicted molar refractivity (Wildman–Crippen MR) is 156 cm³/mol. The van der Waals surface area contributed by atoms with Crippen LogP contribution in [0.25, 0.3) is 0 Å². The molecule has 8 heteroatoms. The standard InChI is InChI=1S/C34H30N2O6/c1-21-16-18-23(19-17-21)36-26-14-9-15-27(37)28(26)29(31(38)41-2)30(32(39)42-3)34(36)24-12-7-8-13-25(24)35(33(34)40)20-22-10-5-4-6-11-22/h4-8,10-13,16-19H,9,14-15,20H2,1-3H3. The molecule has 0 saturated heterocycles. The summed E-state index contributed by atoms with van der Waals surface area (Å²) in [6.07, 6.45) is 1.15. The first kappa shape index (κ1) is 27.2. The third-order valence-corrected chi connectivity index (χ3v) is 8.25. The van der Waals surface area contributed by atoms with Crippen LogP contribution in [0.3, 0.4) is 0 Å². The number of rotatable bonds is 5.